The Labute approximate surface area is 104 Å². The lowest BCUT2D eigenvalue weighted by atomic mass is 9.80. The number of rotatable bonds is 1. The van der Waals surface area contributed by atoms with Crippen LogP contribution in [0.25, 0.3) is 0 Å². The Kier molecular flexibility index (Phi) is 2.96. The van der Waals surface area contributed by atoms with E-state index in [0.29, 0.717) is 12.1 Å². The van der Waals surface area contributed by atoms with Crippen LogP contribution in [0.15, 0.2) is 24.3 Å². The maximum atomic E-state index is 3.75. The number of para-hydroxylation sites is 2. The van der Waals surface area contributed by atoms with Crippen molar-refractivity contribution in [2.24, 2.45) is 5.92 Å². The molecule has 0 bridgehead atoms. The molecule has 2 nitrogen and oxygen atoms in total. The van der Waals surface area contributed by atoms with Crippen molar-refractivity contribution in [2.75, 3.05) is 10.6 Å². The van der Waals surface area contributed by atoms with Gasteiger partial charge in [-0.15, -0.1) is 0 Å². The fraction of sp³-hybridized carbons (Fsp3) is 0.600. The molecule has 2 atom stereocenters. The predicted molar refractivity (Wildman–Crippen MR) is 73.5 cm³/mol. The molecular formula is C15H22N2. The summed E-state index contributed by atoms with van der Waals surface area (Å²) >= 11 is 0. The van der Waals surface area contributed by atoms with Gasteiger partial charge in [-0.2, -0.15) is 0 Å². The molecular weight excluding hydrogens is 208 g/mol. The topological polar surface area (TPSA) is 24.1 Å². The van der Waals surface area contributed by atoms with Gasteiger partial charge in [-0.25, -0.2) is 0 Å². The van der Waals surface area contributed by atoms with Crippen LogP contribution in [0.5, 0.6) is 0 Å². The number of nitrogens with one attached hydrogen (secondary N) is 2. The average molecular weight is 230 g/mol. The molecule has 1 aromatic carbocycles. The average Bonchev–Trinajstić information content (AvgIpc) is 2.39. The molecule has 2 heteroatoms. The quantitative estimate of drug-likeness (QED) is 0.765. The summed E-state index contributed by atoms with van der Waals surface area (Å²) < 4.78 is 0. The Bertz CT molecular complexity index is 382. The van der Waals surface area contributed by atoms with Crippen LogP contribution in [-0.2, 0) is 0 Å². The molecule has 1 aliphatic carbocycles. The molecule has 1 heterocycles. The molecule has 2 N–H and O–H groups in total. The first-order valence-electron chi connectivity index (χ1n) is 6.97. The molecule has 1 aromatic rings. The number of anilines is 2. The highest BCUT2D eigenvalue weighted by atomic mass is 15.1. The second kappa shape index (κ2) is 4.59. The van der Waals surface area contributed by atoms with Gasteiger partial charge in [0.1, 0.15) is 0 Å². The van der Waals surface area contributed by atoms with E-state index >= 15 is 0 Å². The first-order valence-corrected chi connectivity index (χ1v) is 6.97. The summed E-state index contributed by atoms with van der Waals surface area (Å²) in [6.45, 7) is 2.31. The second-order valence-electron chi connectivity index (χ2n) is 5.55. The number of benzene rings is 1. The zero-order chi connectivity index (χ0) is 11.7. The normalized spacial score (nSPS) is 29.0. The van der Waals surface area contributed by atoms with E-state index in [2.05, 4.69) is 41.8 Å². The van der Waals surface area contributed by atoms with E-state index < -0.39 is 0 Å². The third-order valence-corrected chi connectivity index (χ3v) is 4.33. The summed E-state index contributed by atoms with van der Waals surface area (Å²) in [7, 11) is 0. The summed E-state index contributed by atoms with van der Waals surface area (Å²) in [6, 6.07) is 9.70. The highest BCUT2D eigenvalue weighted by molar-refractivity contribution is 5.71. The third kappa shape index (κ3) is 2.13. The third-order valence-electron chi connectivity index (χ3n) is 4.33. The van der Waals surface area contributed by atoms with Crippen LogP contribution in [-0.4, -0.2) is 12.1 Å². The van der Waals surface area contributed by atoms with Crippen LogP contribution in [0.3, 0.4) is 0 Å². The highest BCUT2D eigenvalue weighted by Gasteiger charge is 2.31. The van der Waals surface area contributed by atoms with Crippen LogP contribution in [0.1, 0.15) is 39.0 Å². The van der Waals surface area contributed by atoms with Crippen molar-refractivity contribution in [3.8, 4) is 0 Å². The van der Waals surface area contributed by atoms with Crippen LogP contribution in [0.4, 0.5) is 11.4 Å². The SMILES string of the molecule is CC1Nc2ccccc2NC1C1CCCCC1. The first-order chi connectivity index (χ1) is 8.34. The summed E-state index contributed by atoms with van der Waals surface area (Å²) in [6.07, 6.45) is 7.05. The zero-order valence-electron chi connectivity index (χ0n) is 10.6. The largest absolute Gasteiger partial charge is 0.379 e. The van der Waals surface area contributed by atoms with Crippen LogP contribution < -0.4 is 10.6 Å². The van der Waals surface area contributed by atoms with Crippen molar-refractivity contribution < 1.29 is 0 Å². The molecule has 0 radical (unpaired) electrons. The van der Waals surface area contributed by atoms with E-state index in [9.17, 15) is 0 Å². The lowest BCUT2D eigenvalue weighted by molar-refractivity contribution is 0.301. The summed E-state index contributed by atoms with van der Waals surface area (Å²) in [5.41, 5.74) is 2.54. The van der Waals surface area contributed by atoms with Gasteiger partial charge < -0.3 is 10.6 Å². The van der Waals surface area contributed by atoms with Gasteiger partial charge in [0, 0.05) is 12.1 Å². The van der Waals surface area contributed by atoms with Gasteiger partial charge in [-0.3, -0.25) is 0 Å². The van der Waals surface area contributed by atoms with E-state index in [1.54, 1.807) is 0 Å². The standard InChI is InChI=1S/C15H22N2/c1-11-15(12-7-3-2-4-8-12)17-14-10-6-5-9-13(14)16-11/h5-6,9-12,15-17H,2-4,7-8H2,1H3. The Hall–Kier alpha value is -1.18. The summed E-state index contributed by atoms with van der Waals surface area (Å²) in [5, 5.41) is 7.40. The van der Waals surface area contributed by atoms with Crippen molar-refractivity contribution in [1.29, 1.82) is 0 Å². The minimum Gasteiger partial charge on any atom is -0.379 e. The molecule has 2 aliphatic rings. The maximum Gasteiger partial charge on any atom is 0.0579 e. The molecule has 3 rings (SSSR count). The Morgan fingerprint density at radius 3 is 2.29 bits per heavy atom. The number of hydrogen-bond acceptors (Lipinski definition) is 2. The van der Waals surface area contributed by atoms with Crippen molar-refractivity contribution in [3.05, 3.63) is 24.3 Å². The van der Waals surface area contributed by atoms with Gasteiger partial charge in [0.15, 0.2) is 0 Å². The van der Waals surface area contributed by atoms with E-state index in [1.807, 2.05) is 0 Å². The number of hydrogen-bond donors (Lipinski definition) is 2. The molecule has 0 saturated heterocycles. The lowest BCUT2D eigenvalue weighted by Crippen LogP contribution is -2.46. The van der Waals surface area contributed by atoms with E-state index in [1.165, 1.54) is 43.5 Å². The Balaban J connectivity index is 1.79. The fourth-order valence-corrected chi connectivity index (χ4v) is 3.39. The minimum absolute atomic E-state index is 0.535. The molecule has 92 valence electrons. The van der Waals surface area contributed by atoms with Crippen molar-refractivity contribution in [3.63, 3.8) is 0 Å². The predicted octanol–water partition coefficient (Wildman–Crippen LogP) is 3.86. The molecule has 1 aliphatic heterocycles. The van der Waals surface area contributed by atoms with Crippen molar-refractivity contribution in [2.45, 2.75) is 51.1 Å². The second-order valence-corrected chi connectivity index (χ2v) is 5.55. The van der Waals surface area contributed by atoms with Crippen molar-refractivity contribution >= 4 is 11.4 Å². The van der Waals surface area contributed by atoms with Crippen LogP contribution in [0, 0.1) is 5.92 Å². The lowest BCUT2D eigenvalue weighted by Gasteiger charge is -2.40. The minimum atomic E-state index is 0.535. The number of fused-ring (bicyclic) bond motifs is 1. The highest BCUT2D eigenvalue weighted by Crippen LogP contribution is 2.35. The zero-order valence-corrected chi connectivity index (χ0v) is 10.6. The van der Waals surface area contributed by atoms with Crippen LogP contribution >= 0.6 is 0 Å². The van der Waals surface area contributed by atoms with Gasteiger partial charge in [-0.1, -0.05) is 31.4 Å². The van der Waals surface area contributed by atoms with Gasteiger partial charge in [0.2, 0.25) is 0 Å². The van der Waals surface area contributed by atoms with Crippen molar-refractivity contribution in [1.82, 2.24) is 0 Å². The molecule has 0 aromatic heterocycles. The van der Waals surface area contributed by atoms with Gasteiger partial charge in [0.25, 0.3) is 0 Å². The van der Waals surface area contributed by atoms with E-state index in [0.717, 1.165) is 5.92 Å². The Morgan fingerprint density at radius 1 is 0.941 bits per heavy atom. The van der Waals surface area contributed by atoms with Gasteiger partial charge >= 0.3 is 0 Å². The van der Waals surface area contributed by atoms with Gasteiger partial charge in [-0.05, 0) is 37.8 Å². The summed E-state index contributed by atoms with van der Waals surface area (Å²) in [4.78, 5) is 0. The van der Waals surface area contributed by atoms with Crippen LogP contribution in [0.2, 0.25) is 0 Å². The van der Waals surface area contributed by atoms with E-state index in [-0.39, 0.29) is 0 Å². The molecule has 2 unspecified atom stereocenters. The molecule has 17 heavy (non-hydrogen) atoms. The molecule has 0 amide bonds. The molecule has 1 fully saturated rings. The van der Waals surface area contributed by atoms with E-state index in [4.69, 9.17) is 0 Å². The smallest absolute Gasteiger partial charge is 0.0579 e. The van der Waals surface area contributed by atoms with Gasteiger partial charge in [0.05, 0.1) is 11.4 Å². The monoisotopic (exact) mass is 230 g/mol. The molecule has 0 spiro atoms. The summed E-state index contributed by atoms with van der Waals surface area (Å²) in [5.74, 6) is 0.847. The maximum absolute atomic E-state index is 3.75. The molecule has 1 saturated carbocycles. The Morgan fingerprint density at radius 2 is 1.59 bits per heavy atom. The fourth-order valence-electron chi connectivity index (χ4n) is 3.39. The first kappa shape index (κ1) is 10.9.